The Labute approximate surface area is 261 Å². The first-order chi connectivity index (χ1) is 21.8. The van der Waals surface area contributed by atoms with Crippen molar-refractivity contribution < 1.29 is 38.8 Å². The molecule has 0 atom stereocenters. The molecule has 2 heterocycles. The van der Waals surface area contributed by atoms with Crippen molar-refractivity contribution in [1.82, 2.24) is 29.8 Å². The largest absolute Gasteiger partial charge is 0.510 e. The summed E-state index contributed by atoms with van der Waals surface area (Å²) < 4.78 is 16.5. The van der Waals surface area contributed by atoms with Gasteiger partial charge in [0, 0.05) is 18.5 Å². The van der Waals surface area contributed by atoms with Gasteiger partial charge in [0.2, 0.25) is 12.6 Å². The van der Waals surface area contributed by atoms with Gasteiger partial charge < -0.3 is 28.7 Å². The van der Waals surface area contributed by atoms with Gasteiger partial charge in [0.05, 0.1) is 13.2 Å². The zero-order chi connectivity index (χ0) is 32.2. The van der Waals surface area contributed by atoms with Crippen LogP contribution in [0.1, 0.15) is 41.6 Å². The van der Waals surface area contributed by atoms with Gasteiger partial charge in [-0.05, 0) is 28.3 Å². The van der Waals surface area contributed by atoms with Crippen LogP contribution in [0.2, 0.25) is 5.15 Å². The summed E-state index contributed by atoms with van der Waals surface area (Å²) in [7, 11) is 0. The number of imidazole rings is 1. The monoisotopic (exact) mass is 643 g/mol. The first-order valence-corrected chi connectivity index (χ1v) is 14.2. The van der Waals surface area contributed by atoms with Crippen LogP contribution in [-0.2, 0) is 38.7 Å². The van der Waals surface area contributed by atoms with E-state index < -0.39 is 17.2 Å². The minimum Gasteiger partial charge on any atom is -0.476 e. The Morgan fingerprint density at radius 1 is 1.02 bits per heavy atom. The topological polar surface area (TPSA) is 196 Å². The minimum atomic E-state index is -1.13. The van der Waals surface area contributed by atoms with Gasteiger partial charge in [0.1, 0.15) is 19.0 Å². The molecule has 0 aliphatic carbocycles. The van der Waals surface area contributed by atoms with E-state index in [1.807, 2.05) is 48.5 Å². The molecule has 2 aromatic carbocycles. The number of aryl methyl sites for hydroxylation is 1. The fourth-order valence-corrected chi connectivity index (χ4v) is 4.56. The quantitative estimate of drug-likeness (QED) is 0.0741. The van der Waals surface area contributed by atoms with Crippen molar-refractivity contribution in [2.75, 3.05) is 26.4 Å². The maximum Gasteiger partial charge on any atom is 0.510 e. The first-order valence-electron chi connectivity index (χ1n) is 13.9. The number of unbranched alkanes of at least 4 members (excludes halogenated alkanes) is 1. The normalized spacial score (nSPS) is 10.9. The molecule has 0 spiro atoms. The number of carboxylic acid groups (broad SMARTS) is 1. The molecule has 16 nitrogen and oxygen atoms in total. The maximum absolute atomic E-state index is 11.9. The number of hydrogen-bond acceptors (Lipinski definition) is 12. The van der Waals surface area contributed by atoms with Crippen LogP contribution in [0.4, 0.5) is 4.79 Å². The van der Waals surface area contributed by atoms with Crippen LogP contribution in [0.5, 0.6) is 0 Å². The third-order valence-corrected chi connectivity index (χ3v) is 6.62. The summed E-state index contributed by atoms with van der Waals surface area (Å²) in [5.41, 5.74) is 3.22. The van der Waals surface area contributed by atoms with Crippen LogP contribution in [0.15, 0.2) is 48.5 Å². The van der Waals surface area contributed by atoms with Crippen LogP contribution in [-0.4, -0.2) is 78.5 Å². The number of benzene rings is 2. The molecule has 0 aliphatic heterocycles. The van der Waals surface area contributed by atoms with Crippen LogP contribution in [0, 0.1) is 10.1 Å². The average molecular weight is 644 g/mol. The highest BCUT2D eigenvalue weighted by atomic mass is 35.5. The SMILES string of the molecule is CCCCc1nc(Cl)c(C(=O)O)n1Cc1ccc(-c2ccccc2-c2nnn(COC(=O)OCCOCCO[N+](=O)[O-])n2)cc1. The average Bonchev–Trinajstić information content (AvgIpc) is 3.62. The highest BCUT2D eigenvalue weighted by molar-refractivity contribution is 6.32. The smallest absolute Gasteiger partial charge is 0.476 e. The van der Waals surface area contributed by atoms with E-state index >= 15 is 0 Å². The third kappa shape index (κ3) is 9.20. The molecule has 1 N–H and O–H groups in total. The van der Waals surface area contributed by atoms with Crippen LogP contribution in [0.25, 0.3) is 22.5 Å². The van der Waals surface area contributed by atoms with Gasteiger partial charge in [-0.1, -0.05) is 73.5 Å². The Morgan fingerprint density at radius 3 is 2.47 bits per heavy atom. The fraction of sp³-hybridized carbons (Fsp3) is 0.357. The van der Waals surface area contributed by atoms with E-state index in [0.717, 1.165) is 34.3 Å². The van der Waals surface area contributed by atoms with Crippen molar-refractivity contribution in [3.63, 3.8) is 0 Å². The van der Waals surface area contributed by atoms with Gasteiger partial charge >= 0.3 is 12.1 Å². The number of halogens is 1. The van der Waals surface area contributed by atoms with Gasteiger partial charge in [-0.25, -0.2) is 14.6 Å². The summed E-state index contributed by atoms with van der Waals surface area (Å²) in [4.78, 5) is 43.2. The summed E-state index contributed by atoms with van der Waals surface area (Å²) in [6, 6.07) is 15.1. The molecule has 17 heteroatoms. The van der Waals surface area contributed by atoms with Crippen molar-refractivity contribution in [1.29, 1.82) is 0 Å². The second-order valence-corrected chi connectivity index (χ2v) is 9.79. The van der Waals surface area contributed by atoms with Gasteiger partial charge in [0.15, 0.2) is 10.8 Å². The molecular weight excluding hydrogens is 614 g/mol. The Bertz CT molecular complexity index is 1610. The highest BCUT2D eigenvalue weighted by Crippen LogP contribution is 2.30. The Balaban J connectivity index is 1.37. The minimum absolute atomic E-state index is 0.000932. The van der Waals surface area contributed by atoms with E-state index in [1.54, 1.807) is 4.57 Å². The number of rotatable bonds is 17. The third-order valence-electron chi connectivity index (χ3n) is 6.36. The van der Waals surface area contributed by atoms with Crippen molar-refractivity contribution in [3.05, 3.63) is 80.9 Å². The Morgan fingerprint density at radius 2 is 1.76 bits per heavy atom. The summed E-state index contributed by atoms with van der Waals surface area (Å²) >= 11 is 6.17. The number of hydrogen-bond donors (Lipinski definition) is 1. The van der Waals surface area contributed by atoms with E-state index in [2.05, 4.69) is 32.2 Å². The van der Waals surface area contributed by atoms with Crippen molar-refractivity contribution >= 4 is 23.7 Å². The van der Waals surface area contributed by atoms with Crippen LogP contribution < -0.4 is 0 Å². The number of carbonyl (C=O) groups excluding carboxylic acids is 1. The van der Waals surface area contributed by atoms with E-state index in [1.165, 1.54) is 0 Å². The molecule has 238 valence electrons. The number of aromatic carboxylic acids is 1. The van der Waals surface area contributed by atoms with Gasteiger partial charge in [0.25, 0.3) is 5.09 Å². The lowest BCUT2D eigenvalue weighted by Crippen LogP contribution is -2.16. The van der Waals surface area contributed by atoms with Crippen molar-refractivity contribution in [2.45, 2.75) is 39.5 Å². The lowest BCUT2D eigenvalue weighted by molar-refractivity contribution is -0.758. The summed E-state index contributed by atoms with van der Waals surface area (Å²) in [5, 5.41) is 31.2. The maximum atomic E-state index is 11.9. The van der Waals surface area contributed by atoms with Crippen LogP contribution in [0.3, 0.4) is 0 Å². The molecule has 4 aromatic rings. The Kier molecular flexibility index (Phi) is 11.8. The standard InChI is InChI=1S/C28H30ClN7O9/c1-2-3-8-23-30-25(29)24(27(37)38)34(23)17-19-9-11-20(12-10-19)21-6-4-5-7-22(21)26-31-33-35(32-26)18-44-28(39)43-15-13-42-14-16-45-36(40)41/h4-7,9-12H,2-3,8,13-18H2,1H3,(H,37,38). The summed E-state index contributed by atoms with van der Waals surface area (Å²) in [6.45, 7) is 1.60. The van der Waals surface area contributed by atoms with Crippen molar-refractivity contribution in [3.8, 4) is 22.5 Å². The lowest BCUT2D eigenvalue weighted by atomic mass is 9.98. The molecule has 4 rings (SSSR count). The molecule has 0 aliphatic rings. The predicted molar refractivity (Wildman–Crippen MR) is 157 cm³/mol. The predicted octanol–water partition coefficient (Wildman–Crippen LogP) is 4.28. The first kappa shape index (κ1) is 32.8. The second kappa shape index (κ2) is 16.1. The van der Waals surface area contributed by atoms with Gasteiger partial charge in [-0.3, -0.25) is 0 Å². The number of ether oxygens (including phenoxy) is 3. The Hall–Kier alpha value is -5.09. The second-order valence-electron chi connectivity index (χ2n) is 9.43. The number of tetrazole rings is 1. The van der Waals surface area contributed by atoms with E-state index in [9.17, 15) is 24.8 Å². The number of carbonyl (C=O) groups is 2. The summed E-state index contributed by atoms with van der Waals surface area (Å²) in [6.07, 6.45) is 1.44. The lowest BCUT2D eigenvalue weighted by Gasteiger charge is -2.12. The van der Waals surface area contributed by atoms with E-state index in [-0.39, 0.29) is 44.0 Å². The fourth-order valence-electron chi connectivity index (χ4n) is 4.28. The molecule has 0 saturated heterocycles. The number of carboxylic acids is 1. The molecule has 0 unspecified atom stereocenters. The van der Waals surface area contributed by atoms with Gasteiger partial charge in [-0.15, -0.1) is 25.1 Å². The van der Waals surface area contributed by atoms with Crippen molar-refractivity contribution in [2.24, 2.45) is 0 Å². The molecule has 2 aromatic heterocycles. The molecule has 0 amide bonds. The number of aromatic nitrogens is 6. The summed E-state index contributed by atoms with van der Waals surface area (Å²) in [5.74, 6) is -0.197. The molecule has 45 heavy (non-hydrogen) atoms. The van der Waals surface area contributed by atoms with Crippen LogP contribution >= 0.6 is 11.6 Å². The number of nitrogens with zero attached hydrogens (tertiary/aromatic N) is 7. The zero-order valence-corrected chi connectivity index (χ0v) is 25.0. The molecule has 0 bridgehead atoms. The van der Waals surface area contributed by atoms with E-state index in [0.29, 0.717) is 30.2 Å². The van der Waals surface area contributed by atoms with E-state index in [4.69, 9.17) is 25.8 Å². The zero-order valence-electron chi connectivity index (χ0n) is 24.2. The highest BCUT2D eigenvalue weighted by Gasteiger charge is 2.21. The molecule has 0 radical (unpaired) electrons. The molecule has 0 fully saturated rings. The van der Waals surface area contributed by atoms with Gasteiger partial charge in [-0.2, -0.15) is 0 Å². The molecule has 0 saturated carbocycles. The molecular formula is C28H30ClN7O9.